The highest BCUT2D eigenvalue weighted by molar-refractivity contribution is 6.08. The van der Waals surface area contributed by atoms with Gasteiger partial charge in [0.05, 0.1) is 39.0 Å². The quantitative estimate of drug-likeness (QED) is 0.188. The Morgan fingerprint density at radius 2 is 1.14 bits per heavy atom. The molecule has 5 aromatic heterocycles. The van der Waals surface area contributed by atoms with E-state index in [4.69, 9.17) is 29.9 Å². The van der Waals surface area contributed by atoms with Crippen molar-refractivity contribution in [2.75, 3.05) is 0 Å². The van der Waals surface area contributed by atoms with Gasteiger partial charge in [-0.2, -0.15) is 0 Å². The maximum absolute atomic E-state index is 5.43. The highest BCUT2D eigenvalue weighted by Gasteiger charge is 2.23. The highest BCUT2D eigenvalue weighted by Crippen LogP contribution is 2.41. The van der Waals surface area contributed by atoms with Crippen LogP contribution in [0.5, 0.6) is 0 Å². The summed E-state index contributed by atoms with van der Waals surface area (Å²) in [5.41, 5.74) is 8.77. The molecular formula is C42H24N8. The van der Waals surface area contributed by atoms with Crippen LogP contribution in [0.25, 0.3) is 99.9 Å². The van der Waals surface area contributed by atoms with Gasteiger partial charge in [0.2, 0.25) is 0 Å². The molecule has 0 amide bonds. The summed E-state index contributed by atoms with van der Waals surface area (Å²) >= 11 is 0. The Morgan fingerprint density at radius 1 is 0.400 bits per heavy atom. The Hall–Kier alpha value is -7.06. The molecule has 0 spiro atoms. The van der Waals surface area contributed by atoms with Crippen molar-refractivity contribution < 1.29 is 0 Å². The predicted molar refractivity (Wildman–Crippen MR) is 198 cm³/mol. The van der Waals surface area contributed by atoms with Crippen LogP contribution in [0.2, 0.25) is 0 Å². The topological polar surface area (TPSA) is 103 Å². The van der Waals surface area contributed by atoms with Crippen LogP contribution >= 0.6 is 0 Å². The van der Waals surface area contributed by atoms with Crippen LogP contribution in [0.1, 0.15) is 0 Å². The number of para-hydroxylation sites is 2. The van der Waals surface area contributed by atoms with Gasteiger partial charge in [-0.05, 0) is 53.9 Å². The predicted octanol–water partition coefficient (Wildman–Crippen LogP) is 9.28. The van der Waals surface area contributed by atoms with E-state index < -0.39 is 0 Å². The molecule has 8 heteroatoms. The van der Waals surface area contributed by atoms with Crippen molar-refractivity contribution in [2.24, 2.45) is 0 Å². The number of aromatic nitrogens is 8. The van der Waals surface area contributed by atoms with Crippen molar-refractivity contribution in [3.8, 4) is 45.4 Å². The van der Waals surface area contributed by atoms with Crippen molar-refractivity contribution in [1.82, 2.24) is 40.1 Å². The molecule has 10 rings (SSSR count). The molecule has 0 N–H and O–H groups in total. The molecule has 0 saturated carbocycles. The largest absolute Gasteiger partial charge is 0.255 e. The van der Waals surface area contributed by atoms with Gasteiger partial charge >= 0.3 is 0 Å². The summed E-state index contributed by atoms with van der Waals surface area (Å²) in [6.07, 6.45) is 3.66. The van der Waals surface area contributed by atoms with Crippen LogP contribution in [0.3, 0.4) is 0 Å². The molecule has 0 atom stereocenters. The Balaban J connectivity index is 1.32. The Labute approximate surface area is 285 Å². The molecule has 0 aliphatic carbocycles. The van der Waals surface area contributed by atoms with Gasteiger partial charge in [0, 0.05) is 45.1 Å². The number of rotatable bonds is 4. The van der Waals surface area contributed by atoms with E-state index in [1.165, 1.54) is 0 Å². The number of hydrogen-bond acceptors (Lipinski definition) is 8. The normalized spacial score (nSPS) is 11.6. The van der Waals surface area contributed by atoms with E-state index >= 15 is 0 Å². The Morgan fingerprint density at radius 3 is 2.02 bits per heavy atom. The lowest BCUT2D eigenvalue weighted by atomic mass is 9.95. The maximum Gasteiger partial charge on any atom is 0.181 e. The van der Waals surface area contributed by atoms with Crippen molar-refractivity contribution in [1.29, 1.82) is 0 Å². The first-order chi connectivity index (χ1) is 24.8. The lowest BCUT2D eigenvalue weighted by Gasteiger charge is -2.16. The molecule has 5 aromatic carbocycles. The van der Waals surface area contributed by atoms with Gasteiger partial charge < -0.3 is 0 Å². The summed E-state index contributed by atoms with van der Waals surface area (Å²) in [6, 6.07) is 44.4. The fraction of sp³-hybridized carbons (Fsp3) is 0. The standard InChI is InChI=1S/C42H24N8/c1-5-13-29-25(9-1)21-22-43-38(29)37-30(34-19-17-26-10-2-6-14-31(26)45-34)18-20-35-39(37)48-40(36-23-27-11-3-8-16-33(27)49-50-36)41(46-35)42-44-24-28-12-4-7-15-32(28)47-42/h1-24H. The number of nitrogens with zero attached hydrogens (tertiary/aromatic N) is 8. The molecule has 0 unspecified atom stereocenters. The minimum absolute atomic E-state index is 0.452. The Bertz CT molecular complexity index is 2950. The van der Waals surface area contributed by atoms with Crippen LogP contribution in [0, 0.1) is 0 Å². The molecule has 0 fully saturated rings. The fourth-order valence-electron chi connectivity index (χ4n) is 6.63. The van der Waals surface area contributed by atoms with E-state index in [2.05, 4.69) is 46.6 Å². The van der Waals surface area contributed by atoms with Gasteiger partial charge in [0.25, 0.3) is 0 Å². The summed E-state index contributed by atoms with van der Waals surface area (Å²) in [5.74, 6) is 0.452. The molecule has 0 bridgehead atoms. The molecule has 0 radical (unpaired) electrons. The van der Waals surface area contributed by atoms with Gasteiger partial charge in [0.1, 0.15) is 17.1 Å². The SMILES string of the molecule is c1ccc2nnc(-c3nc4c(-c5nccc6ccccc56)c(-c5ccc6ccccc6n5)ccc4nc3-c3ncc4ccccc4n3)cc2c1. The highest BCUT2D eigenvalue weighted by atomic mass is 15.1. The average Bonchev–Trinajstić information content (AvgIpc) is 3.19. The fourth-order valence-corrected chi connectivity index (χ4v) is 6.63. The van der Waals surface area contributed by atoms with Crippen LogP contribution in [-0.2, 0) is 0 Å². The van der Waals surface area contributed by atoms with E-state index in [9.17, 15) is 0 Å². The molecular weight excluding hydrogens is 617 g/mol. The minimum Gasteiger partial charge on any atom is -0.255 e. The zero-order valence-corrected chi connectivity index (χ0v) is 26.4. The van der Waals surface area contributed by atoms with Gasteiger partial charge in [0.15, 0.2) is 5.82 Å². The van der Waals surface area contributed by atoms with Crippen LogP contribution in [0.15, 0.2) is 146 Å². The first-order valence-corrected chi connectivity index (χ1v) is 16.3. The molecule has 10 aromatic rings. The summed E-state index contributed by atoms with van der Waals surface area (Å²) in [7, 11) is 0. The van der Waals surface area contributed by atoms with Gasteiger partial charge in [-0.25, -0.2) is 24.9 Å². The van der Waals surface area contributed by atoms with Crippen molar-refractivity contribution in [2.45, 2.75) is 0 Å². The van der Waals surface area contributed by atoms with Crippen molar-refractivity contribution >= 4 is 54.5 Å². The number of pyridine rings is 2. The third kappa shape index (κ3) is 4.62. The molecule has 8 nitrogen and oxygen atoms in total. The third-order valence-corrected chi connectivity index (χ3v) is 9.06. The molecule has 0 aliphatic rings. The second kappa shape index (κ2) is 11.3. The molecule has 0 saturated heterocycles. The summed E-state index contributed by atoms with van der Waals surface area (Å²) < 4.78 is 0. The third-order valence-electron chi connectivity index (χ3n) is 9.06. The van der Waals surface area contributed by atoms with Crippen molar-refractivity contribution in [3.63, 3.8) is 0 Å². The van der Waals surface area contributed by atoms with Gasteiger partial charge in [-0.1, -0.05) is 84.9 Å². The summed E-state index contributed by atoms with van der Waals surface area (Å²) in [5, 5.41) is 14.2. The van der Waals surface area contributed by atoms with E-state index in [1.807, 2.05) is 109 Å². The van der Waals surface area contributed by atoms with E-state index in [1.54, 1.807) is 0 Å². The zero-order valence-electron chi connectivity index (χ0n) is 26.4. The second-order valence-electron chi connectivity index (χ2n) is 12.1. The van der Waals surface area contributed by atoms with Gasteiger partial charge in [-0.3, -0.25) is 4.98 Å². The van der Waals surface area contributed by atoms with Gasteiger partial charge in [-0.15, -0.1) is 10.2 Å². The van der Waals surface area contributed by atoms with Crippen LogP contribution < -0.4 is 0 Å². The van der Waals surface area contributed by atoms with E-state index in [-0.39, 0.29) is 0 Å². The summed E-state index contributed by atoms with van der Waals surface area (Å²) in [4.78, 5) is 30.5. The molecule has 50 heavy (non-hydrogen) atoms. The first-order valence-electron chi connectivity index (χ1n) is 16.3. The maximum atomic E-state index is 5.43. The minimum atomic E-state index is 0.452. The van der Waals surface area contributed by atoms with E-state index in [0.717, 1.165) is 66.0 Å². The van der Waals surface area contributed by atoms with E-state index in [0.29, 0.717) is 33.9 Å². The molecule has 5 heterocycles. The van der Waals surface area contributed by atoms with Crippen molar-refractivity contribution in [3.05, 3.63) is 146 Å². The average molecular weight is 641 g/mol. The zero-order chi connectivity index (χ0) is 33.0. The summed E-state index contributed by atoms with van der Waals surface area (Å²) in [6.45, 7) is 0. The lowest BCUT2D eigenvalue weighted by Crippen LogP contribution is -2.03. The molecule has 232 valence electrons. The lowest BCUT2D eigenvalue weighted by molar-refractivity contribution is 1.07. The number of benzene rings is 5. The first kappa shape index (κ1) is 28.0. The smallest absolute Gasteiger partial charge is 0.181 e. The van der Waals surface area contributed by atoms with Crippen LogP contribution in [0.4, 0.5) is 0 Å². The molecule has 0 aliphatic heterocycles. The number of hydrogen-bond donors (Lipinski definition) is 0. The van der Waals surface area contributed by atoms with Crippen LogP contribution in [-0.4, -0.2) is 40.1 Å². The second-order valence-corrected chi connectivity index (χ2v) is 12.1. The monoisotopic (exact) mass is 640 g/mol. The Kier molecular flexibility index (Phi) is 6.32. The number of fused-ring (bicyclic) bond motifs is 5.